The molecule has 2 aromatic rings. The van der Waals surface area contributed by atoms with E-state index in [-0.39, 0.29) is 12.0 Å². The van der Waals surface area contributed by atoms with E-state index in [1.165, 1.54) is 6.07 Å². The number of hydrogen-bond donors (Lipinski definition) is 1. The van der Waals surface area contributed by atoms with Crippen LogP contribution in [0.3, 0.4) is 0 Å². The standard InChI is InChI=1S/C21H25F3N2O2/c1-4-5-12-28-17-11-10-16(14-8-6-7-9-15(14)17)19(21(22,23)24)26-20(2,3)13-18(27)25-26/h6-11,19H,4-5,12-13H2,1-3H3,(H,25,27). The van der Waals surface area contributed by atoms with Gasteiger partial charge in [-0.15, -0.1) is 0 Å². The monoisotopic (exact) mass is 394 g/mol. The molecule has 152 valence electrons. The second kappa shape index (κ2) is 7.62. The van der Waals surface area contributed by atoms with Crippen LogP contribution in [0.4, 0.5) is 13.2 Å². The highest BCUT2D eigenvalue weighted by Gasteiger charge is 2.53. The van der Waals surface area contributed by atoms with Crippen molar-refractivity contribution in [1.82, 2.24) is 10.4 Å². The Kier molecular flexibility index (Phi) is 5.57. The third-order valence-corrected chi connectivity index (χ3v) is 5.03. The average molecular weight is 394 g/mol. The minimum atomic E-state index is -4.57. The lowest BCUT2D eigenvalue weighted by atomic mass is 9.93. The number of hydrogen-bond acceptors (Lipinski definition) is 3. The summed E-state index contributed by atoms with van der Waals surface area (Å²) in [5.74, 6) is 0.154. The Morgan fingerprint density at radius 1 is 1.18 bits per heavy atom. The van der Waals surface area contributed by atoms with E-state index in [1.807, 2.05) is 6.92 Å². The predicted molar refractivity (Wildman–Crippen MR) is 102 cm³/mol. The van der Waals surface area contributed by atoms with Crippen molar-refractivity contribution in [2.75, 3.05) is 6.61 Å². The minimum Gasteiger partial charge on any atom is -0.493 e. The maximum Gasteiger partial charge on any atom is 0.409 e. The summed E-state index contributed by atoms with van der Waals surface area (Å²) >= 11 is 0. The summed E-state index contributed by atoms with van der Waals surface area (Å²) in [6.07, 6.45) is -2.72. The lowest BCUT2D eigenvalue weighted by Gasteiger charge is -2.38. The maximum absolute atomic E-state index is 14.2. The Balaban J connectivity index is 2.11. The van der Waals surface area contributed by atoms with Crippen molar-refractivity contribution in [3.8, 4) is 5.75 Å². The normalized spacial score (nSPS) is 18.3. The van der Waals surface area contributed by atoms with Crippen LogP contribution in [0.25, 0.3) is 10.8 Å². The molecule has 0 aliphatic carbocycles. The van der Waals surface area contributed by atoms with Gasteiger partial charge in [-0.1, -0.05) is 43.7 Å². The number of rotatable bonds is 6. The molecule has 1 unspecified atom stereocenters. The minimum absolute atomic E-state index is 0.00965. The largest absolute Gasteiger partial charge is 0.493 e. The molecule has 28 heavy (non-hydrogen) atoms. The van der Waals surface area contributed by atoms with Crippen LogP contribution in [0, 0.1) is 0 Å². The first-order valence-corrected chi connectivity index (χ1v) is 9.45. The first kappa shape index (κ1) is 20.5. The quantitative estimate of drug-likeness (QED) is 0.690. The average Bonchev–Trinajstić information content (AvgIpc) is 2.87. The number of ether oxygens (including phenoxy) is 1. The van der Waals surface area contributed by atoms with Crippen LogP contribution in [-0.4, -0.2) is 29.2 Å². The number of amides is 1. The Labute approximate surface area is 162 Å². The SMILES string of the molecule is CCCCOc1ccc(C(N2NC(=O)CC2(C)C)C(F)(F)F)c2ccccc12. The van der Waals surface area contributed by atoms with Crippen LogP contribution >= 0.6 is 0 Å². The van der Waals surface area contributed by atoms with E-state index in [1.54, 1.807) is 44.2 Å². The summed E-state index contributed by atoms with van der Waals surface area (Å²) < 4.78 is 48.3. The zero-order valence-electron chi connectivity index (χ0n) is 16.3. The van der Waals surface area contributed by atoms with Crippen molar-refractivity contribution in [1.29, 1.82) is 0 Å². The zero-order valence-corrected chi connectivity index (χ0v) is 16.3. The second-order valence-electron chi connectivity index (χ2n) is 7.74. The van der Waals surface area contributed by atoms with Crippen molar-refractivity contribution >= 4 is 16.7 Å². The number of carbonyl (C=O) groups is 1. The Morgan fingerprint density at radius 2 is 1.86 bits per heavy atom. The highest BCUT2D eigenvalue weighted by molar-refractivity contribution is 5.91. The number of fused-ring (bicyclic) bond motifs is 1. The van der Waals surface area contributed by atoms with Gasteiger partial charge in [0.25, 0.3) is 0 Å². The van der Waals surface area contributed by atoms with Crippen LogP contribution in [0.5, 0.6) is 5.75 Å². The van der Waals surface area contributed by atoms with Gasteiger partial charge < -0.3 is 4.74 Å². The van der Waals surface area contributed by atoms with Crippen molar-refractivity contribution < 1.29 is 22.7 Å². The van der Waals surface area contributed by atoms with E-state index in [2.05, 4.69) is 5.43 Å². The van der Waals surface area contributed by atoms with Gasteiger partial charge in [0, 0.05) is 17.3 Å². The van der Waals surface area contributed by atoms with Gasteiger partial charge in [-0.25, -0.2) is 0 Å². The van der Waals surface area contributed by atoms with Crippen LogP contribution in [0.1, 0.15) is 51.6 Å². The van der Waals surface area contributed by atoms with Crippen LogP contribution in [0.2, 0.25) is 0 Å². The molecule has 1 fully saturated rings. The van der Waals surface area contributed by atoms with Crippen LogP contribution in [-0.2, 0) is 4.79 Å². The Bertz CT molecular complexity index is 864. The summed E-state index contributed by atoms with van der Waals surface area (Å²) in [4.78, 5) is 11.9. The molecule has 0 radical (unpaired) electrons. The summed E-state index contributed by atoms with van der Waals surface area (Å²) in [7, 11) is 0. The fraction of sp³-hybridized carbons (Fsp3) is 0.476. The van der Waals surface area contributed by atoms with Gasteiger partial charge >= 0.3 is 6.18 Å². The molecule has 1 N–H and O–H groups in total. The number of nitrogens with zero attached hydrogens (tertiary/aromatic N) is 1. The fourth-order valence-corrected chi connectivity index (χ4v) is 3.66. The number of benzene rings is 2. The highest BCUT2D eigenvalue weighted by atomic mass is 19.4. The summed E-state index contributed by atoms with van der Waals surface area (Å²) in [5.41, 5.74) is 1.55. The van der Waals surface area contributed by atoms with E-state index in [0.29, 0.717) is 23.1 Å². The molecule has 1 atom stereocenters. The number of unbranched alkanes of at least 4 members (excludes halogenated alkanes) is 1. The molecule has 2 aromatic carbocycles. The molecule has 4 nitrogen and oxygen atoms in total. The number of alkyl halides is 3. The van der Waals surface area contributed by atoms with Gasteiger partial charge in [0.1, 0.15) is 5.75 Å². The fourth-order valence-electron chi connectivity index (χ4n) is 3.66. The van der Waals surface area contributed by atoms with E-state index < -0.39 is 23.7 Å². The van der Waals surface area contributed by atoms with E-state index in [0.717, 1.165) is 17.9 Å². The maximum atomic E-state index is 14.2. The zero-order chi connectivity index (χ0) is 20.5. The van der Waals surface area contributed by atoms with E-state index >= 15 is 0 Å². The van der Waals surface area contributed by atoms with E-state index in [9.17, 15) is 18.0 Å². The Hall–Kier alpha value is -2.28. The number of nitrogens with one attached hydrogen (secondary N) is 1. The Morgan fingerprint density at radius 3 is 2.43 bits per heavy atom. The molecule has 0 bridgehead atoms. The van der Waals surface area contributed by atoms with Gasteiger partial charge in [-0.05, 0) is 37.3 Å². The van der Waals surface area contributed by atoms with Crippen molar-refractivity contribution in [3.63, 3.8) is 0 Å². The van der Waals surface area contributed by atoms with Crippen LogP contribution < -0.4 is 10.2 Å². The van der Waals surface area contributed by atoms with E-state index in [4.69, 9.17) is 4.74 Å². The predicted octanol–water partition coefficient (Wildman–Crippen LogP) is 5.14. The van der Waals surface area contributed by atoms with Crippen molar-refractivity contribution in [2.45, 2.75) is 57.8 Å². The summed E-state index contributed by atoms with van der Waals surface area (Å²) in [5, 5.41) is 2.14. The number of halogens is 3. The summed E-state index contributed by atoms with van der Waals surface area (Å²) in [6.45, 7) is 5.82. The number of hydrazine groups is 1. The first-order chi connectivity index (χ1) is 13.1. The third-order valence-electron chi connectivity index (χ3n) is 5.03. The summed E-state index contributed by atoms with van der Waals surface area (Å²) in [6, 6.07) is 8.02. The second-order valence-corrected chi connectivity index (χ2v) is 7.74. The lowest BCUT2D eigenvalue weighted by molar-refractivity contribution is -0.203. The molecule has 1 saturated heterocycles. The van der Waals surface area contributed by atoms with Crippen molar-refractivity contribution in [3.05, 3.63) is 42.0 Å². The van der Waals surface area contributed by atoms with Gasteiger partial charge in [0.05, 0.1) is 6.61 Å². The molecular formula is C21H25F3N2O2. The van der Waals surface area contributed by atoms with Gasteiger partial charge in [-0.2, -0.15) is 18.2 Å². The smallest absolute Gasteiger partial charge is 0.409 e. The van der Waals surface area contributed by atoms with Gasteiger partial charge in [0.2, 0.25) is 5.91 Å². The number of carbonyl (C=O) groups excluding carboxylic acids is 1. The molecule has 0 aromatic heterocycles. The highest BCUT2D eigenvalue weighted by Crippen LogP contribution is 2.45. The van der Waals surface area contributed by atoms with Gasteiger partial charge in [-0.3, -0.25) is 10.2 Å². The molecule has 1 aliphatic rings. The molecule has 7 heteroatoms. The topological polar surface area (TPSA) is 41.6 Å². The molecule has 1 heterocycles. The third kappa shape index (κ3) is 3.94. The lowest BCUT2D eigenvalue weighted by Crippen LogP contribution is -2.51. The molecule has 1 amide bonds. The molecule has 1 aliphatic heterocycles. The molecule has 0 spiro atoms. The molecule has 3 rings (SSSR count). The molecule has 0 saturated carbocycles. The van der Waals surface area contributed by atoms with Crippen LogP contribution in [0.15, 0.2) is 36.4 Å². The van der Waals surface area contributed by atoms with Crippen molar-refractivity contribution in [2.24, 2.45) is 0 Å². The van der Waals surface area contributed by atoms with Gasteiger partial charge in [0.15, 0.2) is 6.04 Å². The molecular weight excluding hydrogens is 369 g/mol. The first-order valence-electron chi connectivity index (χ1n) is 9.45.